The fraction of sp³-hybridized carbons (Fsp3) is 0.308. The van der Waals surface area contributed by atoms with Crippen LogP contribution < -0.4 is 4.90 Å². The fourth-order valence-electron chi connectivity index (χ4n) is 4.16. The average molecular weight is 404 g/mol. The lowest BCUT2D eigenvalue weighted by molar-refractivity contribution is 0.198. The van der Waals surface area contributed by atoms with Gasteiger partial charge >= 0.3 is 0 Å². The minimum Gasteiger partial charge on any atom is -0.507 e. The summed E-state index contributed by atoms with van der Waals surface area (Å²) in [6.07, 6.45) is 1.79. The molecule has 3 aromatic rings. The van der Waals surface area contributed by atoms with Gasteiger partial charge in [0.25, 0.3) is 0 Å². The van der Waals surface area contributed by atoms with E-state index in [9.17, 15) is 15.3 Å². The number of nitrogens with zero attached hydrogens (tertiary/aromatic N) is 1. The number of aromatic hydroxyl groups is 2. The van der Waals surface area contributed by atoms with E-state index < -0.39 is 0 Å². The molecule has 3 aromatic carbocycles. The van der Waals surface area contributed by atoms with Crippen LogP contribution in [0.1, 0.15) is 39.8 Å². The second-order valence-corrected chi connectivity index (χ2v) is 8.41. The van der Waals surface area contributed by atoms with Crippen molar-refractivity contribution in [3.05, 3.63) is 88.0 Å². The predicted octanol–water partition coefficient (Wildman–Crippen LogP) is 4.47. The molecule has 3 N–H and O–H groups in total. The SMILES string of the molecule is Cc1ccc(Cc2cc(Cc3ccc(N4CCC(O)C4)cc3)c(O)c(C)c2O)cc1. The van der Waals surface area contributed by atoms with Crippen molar-refractivity contribution in [2.24, 2.45) is 0 Å². The van der Waals surface area contributed by atoms with E-state index in [1.165, 1.54) is 5.56 Å². The summed E-state index contributed by atoms with van der Waals surface area (Å²) in [6, 6.07) is 18.5. The highest BCUT2D eigenvalue weighted by atomic mass is 16.3. The zero-order valence-electron chi connectivity index (χ0n) is 17.6. The Kier molecular flexibility index (Phi) is 5.69. The first-order chi connectivity index (χ1) is 14.4. The molecule has 0 saturated carbocycles. The number of phenolic OH excluding ortho intramolecular Hbond substituents is 2. The van der Waals surface area contributed by atoms with Crippen molar-refractivity contribution in [1.82, 2.24) is 0 Å². The summed E-state index contributed by atoms with van der Waals surface area (Å²) in [5, 5.41) is 30.9. The Bertz CT molecular complexity index is 1030. The lowest BCUT2D eigenvalue weighted by Crippen LogP contribution is -2.20. The van der Waals surface area contributed by atoms with Gasteiger partial charge in [0.2, 0.25) is 0 Å². The molecule has 0 amide bonds. The normalized spacial score (nSPS) is 16.2. The Morgan fingerprint density at radius 1 is 0.833 bits per heavy atom. The molecular formula is C26H29NO3. The maximum absolute atomic E-state index is 10.6. The standard InChI is InChI=1S/C26H29NO3/c1-17-3-5-19(6-4-17)13-21-15-22(26(30)18(2)25(21)29)14-20-7-9-23(10-8-20)27-12-11-24(28)16-27/h3-10,15,24,28-30H,11-14,16H2,1-2H3. The Morgan fingerprint density at radius 3 is 1.87 bits per heavy atom. The second-order valence-electron chi connectivity index (χ2n) is 8.41. The molecule has 4 heteroatoms. The van der Waals surface area contributed by atoms with Gasteiger partial charge in [-0.15, -0.1) is 0 Å². The van der Waals surface area contributed by atoms with E-state index in [4.69, 9.17) is 0 Å². The number of aryl methyl sites for hydroxylation is 1. The van der Waals surface area contributed by atoms with Crippen molar-refractivity contribution in [3.63, 3.8) is 0 Å². The lowest BCUT2D eigenvalue weighted by Gasteiger charge is -2.18. The number of aliphatic hydroxyl groups excluding tert-OH is 1. The monoisotopic (exact) mass is 403 g/mol. The first-order valence-corrected chi connectivity index (χ1v) is 10.5. The van der Waals surface area contributed by atoms with Crippen LogP contribution in [0.25, 0.3) is 0 Å². The summed E-state index contributed by atoms with van der Waals surface area (Å²) >= 11 is 0. The van der Waals surface area contributed by atoms with Crippen LogP contribution in [-0.2, 0) is 12.8 Å². The average Bonchev–Trinajstić information content (AvgIpc) is 3.18. The molecule has 4 nitrogen and oxygen atoms in total. The largest absolute Gasteiger partial charge is 0.507 e. The van der Waals surface area contributed by atoms with Gasteiger partial charge in [0.1, 0.15) is 11.5 Å². The molecule has 0 radical (unpaired) electrons. The van der Waals surface area contributed by atoms with Crippen LogP contribution in [0.3, 0.4) is 0 Å². The van der Waals surface area contributed by atoms with Gasteiger partial charge in [-0.25, -0.2) is 0 Å². The van der Waals surface area contributed by atoms with Gasteiger partial charge in [0, 0.05) is 37.2 Å². The topological polar surface area (TPSA) is 63.9 Å². The molecule has 0 bridgehead atoms. The van der Waals surface area contributed by atoms with Crippen LogP contribution in [0.5, 0.6) is 11.5 Å². The van der Waals surface area contributed by atoms with Gasteiger partial charge < -0.3 is 20.2 Å². The Labute approximate surface area is 178 Å². The van der Waals surface area contributed by atoms with Crippen LogP contribution >= 0.6 is 0 Å². The van der Waals surface area contributed by atoms with Crippen LogP contribution in [0, 0.1) is 13.8 Å². The van der Waals surface area contributed by atoms with Crippen molar-refractivity contribution < 1.29 is 15.3 Å². The van der Waals surface area contributed by atoms with Crippen molar-refractivity contribution in [2.45, 2.75) is 39.2 Å². The summed E-state index contributed by atoms with van der Waals surface area (Å²) in [6.45, 7) is 5.37. The van der Waals surface area contributed by atoms with E-state index in [0.717, 1.165) is 40.9 Å². The maximum atomic E-state index is 10.6. The van der Waals surface area contributed by atoms with Gasteiger partial charge in [-0.3, -0.25) is 0 Å². The number of phenols is 2. The van der Waals surface area contributed by atoms with Crippen molar-refractivity contribution in [1.29, 1.82) is 0 Å². The minimum atomic E-state index is -0.242. The number of β-amino-alcohol motifs (C(OH)–C–C–N with tert-alkyl or cyclic N) is 1. The number of rotatable bonds is 5. The first kappa shape index (κ1) is 20.3. The predicted molar refractivity (Wildman–Crippen MR) is 121 cm³/mol. The number of benzene rings is 3. The molecule has 30 heavy (non-hydrogen) atoms. The Balaban J connectivity index is 1.56. The fourth-order valence-corrected chi connectivity index (χ4v) is 4.16. The molecular weight excluding hydrogens is 374 g/mol. The summed E-state index contributed by atoms with van der Waals surface area (Å²) in [5.41, 5.74) is 6.71. The van der Waals surface area contributed by atoms with E-state index in [1.807, 2.05) is 6.07 Å². The number of hydrogen-bond acceptors (Lipinski definition) is 4. The molecule has 1 heterocycles. The zero-order chi connectivity index (χ0) is 21.3. The third kappa shape index (κ3) is 4.29. The summed E-state index contributed by atoms with van der Waals surface area (Å²) < 4.78 is 0. The van der Waals surface area contributed by atoms with Gasteiger partial charge in [0.15, 0.2) is 0 Å². The Morgan fingerprint density at radius 2 is 1.37 bits per heavy atom. The summed E-state index contributed by atoms with van der Waals surface area (Å²) in [7, 11) is 0. The molecule has 0 aromatic heterocycles. The molecule has 1 saturated heterocycles. The lowest BCUT2D eigenvalue weighted by atomic mass is 9.94. The molecule has 1 aliphatic rings. The summed E-state index contributed by atoms with van der Waals surface area (Å²) in [4.78, 5) is 2.19. The third-order valence-corrected chi connectivity index (χ3v) is 6.04. The number of hydrogen-bond donors (Lipinski definition) is 3. The quantitative estimate of drug-likeness (QED) is 0.588. The van der Waals surface area contributed by atoms with E-state index in [0.29, 0.717) is 24.9 Å². The maximum Gasteiger partial charge on any atom is 0.125 e. The molecule has 0 aliphatic carbocycles. The van der Waals surface area contributed by atoms with Crippen LogP contribution in [0.4, 0.5) is 5.69 Å². The minimum absolute atomic E-state index is 0.159. The molecule has 1 atom stereocenters. The number of aliphatic hydroxyl groups is 1. The molecule has 1 fully saturated rings. The highest BCUT2D eigenvalue weighted by molar-refractivity contribution is 5.56. The van der Waals surface area contributed by atoms with Crippen LogP contribution in [0.15, 0.2) is 54.6 Å². The van der Waals surface area contributed by atoms with Crippen molar-refractivity contribution in [2.75, 3.05) is 18.0 Å². The first-order valence-electron chi connectivity index (χ1n) is 10.5. The van der Waals surface area contributed by atoms with Gasteiger partial charge in [-0.05, 0) is 60.7 Å². The molecule has 1 unspecified atom stereocenters. The van der Waals surface area contributed by atoms with Gasteiger partial charge in [-0.2, -0.15) is 0 Å². The van der Waals surface area contributed by atoms with Crippen LogP contribution in [0.2, 0.25) is 0 Å². The molecule has 1 aliphatic heterocycles. The highest BCUT2D eigenvalue weighted by Gasteiger charge is 2.20. The second kappa shape index (κ2) is 8.41. The van der Waals surface area contributed by atoms with Crippen LogP contribution in [-0.4, -0.2) is 34.5 Å². The van der Waals surface area contributed by atoms with Crippen molar-refractivity contribution >= 4 is 5.69 Å². The van der Waals surface area contributed by atoms with E-state index >= 15 is 0 Å². The molecule has 0 spiro atoms. The molecule has 156 valence electrons. The smallest absolute Gasteiger partial charge is 0.125 e. The third-order valence-electron chi connectivity index (χ3n) is 6.04. The highest BCUT2D eigenvalue weighted by Crippen LogP contribution is 2.36. The summed E-state index contributed by atoms with van der Waals surface area (Å²) in [5.74, 6) is 0.326. The van der Waals surface area contributed by atoms with E-state index in [1.54, 1.807) is 6.92 Å². The van der Waals surface area contributed by atoms with Gasteiger partial charge in [0.05, 0.1) is 6.10 Å². The van der Waals surface area contributed by atoms with Gasteiger partial charge in [-0.1, -0.05) is 42.0 Å². The zero-order valence-corrected chi connectivity index (χ0v) is 17.6. The molecule has 4 rings (SSSR count). The number of anilines is 1. The van der Waals surface area contributed by atoms with E-state index in [-0.39, 0.29) is 17.6 Å². The van der Waals surface area contributed by atoms with Crippen molar-refractivity contribution in [3.8, 4) is 11.5 Å². The Hall–Kier alpha value is -2.98. The van der Waals surface area contributed by atoms with E-state index in [2.05, 4.69) is 60.4 Å².